The minimum Gasteiger partial charge on any atom is -0.383 e. The Morgan fingerprint density at radius 1 is 1.32 bits per heavy atom. The summed E-state index contributed by atoms with van der Waals surface area (Å²) in [5, 5.41) is 0. The fraction of sp³-hybridized carbons (Fsp3) is 0.533. The van der Waals surface area contributed by atoms with E-state index in [0.29, 0.717) is 19.7 Å². The number of benzene rings is 1. The van der Waals surface area contributed by atoms with Crippen LogP contribution in [0.5, 0.6) is 0 Å². The van der Waals surface area contributed by atoms with Gasteiger partial charge in [-0.25, -0.2) is 0 Å². The molecule has 0 fully saturated rings. The number of carbonyl (C=O) groups excluding carboxylic acids is 1. The number of nitrogens with two attached hydrogens (primary N) is 1. The maximum absolute atomic E-state index is 12.3. The van der Waals surface area contributed by atoms with Gasteiger partial charge < -0.3 is 15.4 Å². The maximum Gasteiger partial charge on any atom is 0.240 e. The van der Waals surface area contributed by atoms with E-state index in [9.17, 15) is 4.79 Å². The Kier molecular flexibility index (Phi) is 6.53. The molecule has 0 bridgehead atoms. The lowest BCUT2D eigenvalue weighted by molar-refractivity contribution is -0.134. The van der Waals surface area contributed by atoms with Crippen molar-refractivity contribution in [2.24, 2.45) is 11.7 Å². The van der Waals surface area contributed by atoms with Crippen LogP contribution in [0.4, 0.5) is 0 Å². The molecule has 0 aliphatic heterocycles. The van der Waals surface area contributed by atoms with E-state index >= 15 is 0 Å². The second kappa shape index (κ2) is 7.92. The minimum atomic E-state index is -0.458. The second-order valence-electron chi connectivity index (χ2n) is 5.01. The van der Waals surface area contributed by atoms with Crippen LogP contribution in [0.3, 0.4) is 0 Å². The van der Waals surface area contributed by atoms with Gasteiger partial charge in [-0.15, -0.1) is 0 Å². The molecule has 1 unspecified atom stereocenters. The van der Waals surface area contributed by atoms with Gasteiger partial charge in [0, 0.05) is 20.2 Å². The van der Waals surface area contributed by atoms with Crippen molar-refractivity contribution >= 4 is 5.91 Å². The molecule has 1 aromatic rings. The Hall–Kier alpha value is -1.39. The first-order chi connectivity index (χ1) is 9.06. The molecule has 106 valence electrons. The first-order valence-electron chi connectivity index (χ1n) is 6.63. The predicted molar refractivity (Wildman–Crippen MR) is 76.5 cm³/mol. The van der Waals surface area contributed by atoms with Crippen LogP contribution in [-0.4, -0.2) is 37.1 Å². The number of nitrogens with zero attached hydrogens (tertiary/aromatic N) is 1. The van der Waals surface area contributed by atoms with E-state index in [2.05, 4.69) is 0 Å². The molecule has 0 radical (unpaired) electrons. The quantitative estimate of drug-likeness (QED) is 0.814. The zero-order chi connectivity index (χ0) is 14.3. The number of hydrogen-bond acceptors (Lipinski definition) is 3. The van der Waals surface area contributed by atoms with Crippen LogP contribution in [-0.2, 0) is 16.1 Å². The maximum atomic E-state index is 12.3. The Morgan fingerprint density at radius 2 is 1.95 bits per heavy atom. The van der Waals surface area contributed by atoms with E-state index in [1.807, 2.05) is 44.2 Å². The standard InChI is InChI=1S/C15H24N2O2/c1-12(2)14(16)15(18)17(9-10-19-3)11-13-7-5-4-6-8-13/h4-8,12,14H,9-11,16H2,1-3H3. The fourth-order valence-corrected chi connectivity index (χ4v) is 1.77. The first-order valence-corrected chi connectivity index (χ1v) is 6.63. The average molecular weight is 264 g/mol. The molecule has 1 amide bonds. The summed E-state index contributed by atoms with van der Waals surface area (Å²) in [5.74, 6) is 0.115. The molecular formula is C15H24N2O2. The van der Waals surface area contributed by atoms with Crippen molar-refractivity contribution in [2.75, 3.05) is 20.3 Å². The summed E-state index contributed by atoms with van der Waals surface area (Å²) in [6.07, 6.45) is 0. The molecule has 1 rings (SSSR count). The zero-order valence-corrected chi connectivity index (χ0v) is 12.0. The summed E-state index contributed by atoms with van der Waals surface area (Å²) in [5.41, 5.74) is 7.05. The number of amides is 1. The summed E-state index contributed by atoms with van der Waals surface area (Å²) in [7, 11) is 1.63. The van der Waals surface area contributed by atoms with Crippen LogP contribution in [0.25, 0.3) is 0 Å². The topological polar surface area (TPSA) is 55.6 Å². The zero-order valence-electron chi connectivity index (χ0n) is 12.0. The molecule has 0 aliphatic rings. The highest BCUT2D eigenvalue weighted by Crippen LogP contribution is 2.09. The monoisotopic (exact) mass is 264 g/mol. The summed E-state index contributed by atoms with van der Waals surface area (Å²) < 4.78 is 5.07. The van der Waals surface area contributed by atoms with Gasteiger partial charge in [-0.2, -0.15) is 0 Å². The van der Waals surface area contributed by atoms with E-state index < -0.39 is 6.04 Å². The molecule has 4 heteroatoms. The van der Waals surface area contributed by atoms with Gasteiger partial charge in [-0.05, 0) is 11.5 Å². The van der Waals surface area contributed by atoms with Gasteiger partial charge in [0.1, 0.15) is 0 Å². The highest BCUT2D eigenvalue weighted by atomic mass is 16.5. The van der Waals surface area contributed by atoms with Gasteiger partial charge in [-0.3, -0.25) is 4.79 Å². The van der Waals surface area contributed by atoms with E-state index in [-0.39, 0.29) is 11.8 Å². The van der Waals surface area contributed by atoms with E-state index in [4.69, 9.17) is 10.5 Å². The molecule has 1 aromatic carbocycles. The molecule has 0 aromatic heterocycles. The van der Waals surface area contributed by atoms with Crippen LogP contribution < -0.4 is 5.73 Å². The molecule has 19 heavy (non-hydrogen) atoms. The van der Waals surface area contributed by atoms with E-state index in [1.54, 1.807) is 12.0 Å². The molecular weight excluding hydrogens is 240 g/mol. The van der Waals surface area contributed by atoms with Crippen molar-refractivity contribution in [3.63, 3.8) is 0 Å². The largest absolute Gasteiger partial charge is 0.383 e. The van der Waals surface area contributed by atoms with Crippen molar-refractivity contribution in [3.05, 3.63) is 35.9 Å². The lowest BCUT2D eigenvalue weighted by Gasteiger charge is -2.27. The third-order valence-corrected chi connectivity index (χ3v) is 3.10. The SMILES string of the molecule is COCCN(Cc1ccccc1)C(=O)C(N)C(C)C. The molecule has 2 N–H and O–H groups in total. The number of rotatable bonds is 7. The first kappa shape index (κ1) is 15.7. The van der Waals surface area contributed by atoms with Crippen LogP contribution in [0.1, 0.15) is 19.4 Å². The van der Waals surface area contributed by atoms with Gasteiger partial charge in [0.2, 0.25) is 5.91 Å². The number of methoxy groups -OCH3 is 1. The summed E-state index contributed by atoms with van der Waals surface area (Å²) in [6, 6.07) is 9.46. The Labute approximate surface area is 115 Å². The third kappa shape index (κ3) is 5.01. The number of carbonyl (C=O) groups is 1. The summed E-state index contributed by atoms with van der Waals surface area (Å²) in [4.78, 5) is 14.1. The molecule has 4 nitrogen and oxygen atoms in total. The summed E-state index contributed by atoms with van der Waals surface area (Å²) in [6.45, 7) is 5.57. The lowest BCUT2D eigenvalue weighted by atomic mass is 10.0. The smallest absolute Gasteiger partial charge is 0.240 e. The molecule has 0 heterocycles. The van der Waals surface area contributed by atoms with Gasteiger partial charge in [0.15, 0.2) is 0 Å². The lowest BCUT2D eigenvalue weighted by Crippen LogP contribution is -2.47. The Balaban J connectivity index is 2.74. The Bertz CT molecular complexity index is 379. The van der Waals surface area contributed by atoms with Crippen molar-refractivity contribution in [2.45, 2.75) is 26.4 Å². The van der Waals surface area contributed by atoms with Crippen LogP contribution in [0, 0.1) is 5.92 Å². The molecule has 1 atom stereocenters. The highest BCUT2D eigenvalue weighted by Gasteiger charge is 2.23. The predicted octanol–water partition coefficient (Wildman–Crippen LogP) is 1.64. The van der Waals surface area contributed by atoms with Crippen LogP contribution in [0.15, 0.2) is 30.3 Å². The molecule has 0 saturated carbocycles. The second-order valence-corrected chi connectivity index (χ2v) is 5.01. The number of ether oxygens (including phenoxy) is 1. The van der Waals surface area contributed by atoms with Gasteiger partial charge >= 0.3 is 0 Å². The molecule has 0 aliphatic carbocycles. The normalized spacial score (nSPS) is 12.5. The van der Waals surface area contributed by atoms with Crippen molar-refractivity contribution in [3.8, 4) is 0 Å². The minimum absolute atomic E-state index is 0.0177. The molecule has 0 saturated heterocycles. The van der Waals surface area contributed by atoms with Gasteiger partial charge in [-0.1, -0.05) is 44.2 Å². The fourth-order valence-electron chi connectivity index (χ4n) is 1.77. The third-order valence-electron chi connectivity index (χ3n) is 3.10. The van der Waals surface area contributed by atoms with Gasteiger partial charge in [0.05, 0.1) is 12.6 Å². The summed E-state index contributed by atoms with van der Waals surface area (Å²) >= 11 is 0. The molecule has 0 spiro atoms. The van der Waals surface area contributed by atoms with Gasteiger partial charge in [0.25, 0.3) is 0 Å². The van der Waals surface area contributed by atoms with Crippen molar-refractivity contribution in [1.29, 1.82) is 0 Å². The van der Waals surface area contributed by atoms with Crippen LogP contribution >= 0.6 is 0 Å². The van der Waals surface area contributed by atoms with Crippen molar-refractivity contribution in [1.82, 2.24) is 4.90 Å². The Morgan fingerprint density at radius 3 is 2.47 bits per heavy atom. The average Bonchev–Trinajstić information content (AvgIpc) is 2.42. The highest BCUT2D eigenvalue weighted by molar-refractivity contribution is 5.81. The van der Waals surface area contributed by atoms with Crippen LogP contribution in [0.2, 0.25) is 0 Å². The number of hydrogen-bond donors (Lipinski definition) is 1. The van der Waals surface area contributed by atoms with E-state index in [0.717, 1.165) is 5.56 Å². The van der Waals surface area contributed by atoms with E-state index in [1.165, 1.54) is 0 Å². The van der Waals surface area contributed by atoms with Crippen molar-refractivity contribution < 1.29 is 9.53 Å².